The van der Waals surface area contributed by atoms with Gasteiger partial charge in [0.15, 0.2) is 6.61 Å². The molecule has 0 atom stereocenters. The fraction of sp³-hybridized carbons (Fsp3) is 0.158. The van der Waals surface area contributed by atoms with Crippen LogP contribution in [0.25, 0.3) is 0 Å². The van der Waals surface area contributed by atoms with Gasteiger partial charge < -0.3 is 15.8 Å². The molecule has 0 bridgehead atoms. The number of nitrogens with zero attached hydrogens (tertiary/aromatic N) is 2. The number of hydrazone groups is 1. The number of hydrogen-bond acceptors (Lipinski definition) is 5. The Bertz CT molecular complexity index is 878. The number of rotatable bonds is 5. The Balaban J connectivity index is 1.54. The monoisotopic (exact) mass is 366 g/mol. The summed E-state index contributed by atoms with van der Waals surface area (Å²) in [6.45, 7) is 0.0553. The van der Waals surface area contributed by atoms with Crippen molar-refractivity contribution in [1.29, 1.82) is 0 Å². The first kappa shape index (κ1) is 18.1. The summed E-state index contributed by atoms with van der Waals surface area (Å²) < 4.78 is 5.05. The van der Waals surface area contributed by atoms with Gasteiger partial charge in [0.1, 0.15) is 0 Å². The third-order valence-electron chi connectivity index (χ3n) is 3.91. The summed E-state index contributed by atoms with van der Waals surface area (Å²) in [4.78, 5) is 35.0. The molecule has 27 heavy (non-hydrogen) atoms. The Morgan fingerprint density at radius 3 is 2.44 bits per heavy atom. The number of carbonyl (C=O) groups excluding carboxylic acids is 3. The number of nitrogens with two attached hydrogens (primary N) is 1. The minimum absolute atomic E-state index is 0.257. The van der Waals surface area contributed by atoms with Gasteiger partial charge in [0.05, 0.1) is 17.8 Å². The number of urea groups is 1. The first-order chi connectivity index (χ1) is 13.0. The fourth-order valence-electron chi connectivity index (χ4n) is 2.59. The first-order valence-corrected chi connectivity index (χ1v) is 8.30. The molecule has 2 aromatic rings. The molecule has 0 aromatic heterocycles. The van der Waals surface area contributed by atoms with E-state index in [2.05, 4.69) is 10.4 Å². The second-order valence-corrected chi connectivity index (χ2v) is 5.82. The number of esters is 1. The maximum Gasteiger partial charge on any atom is 0.338 e. The maximum absolute atomic E-state index is 12.2. The zero-order valence-corrected chi connectivity index (χ0v) is 14.4. The van der Waals surface area contributed by atoms with Crippen LogP contribution in [-0.2, 0) is 9.53 Å². The van der Waals surface area contributed by atoms with Crippen LogP contribution in [0.2, 0.25) is 0 Å². The smallest absolute Gasteiger partial charge is 0.338 e. The molecule has 0 aliphatic carbocycles. The molecule has 0 fully saturated rings. The molecule has 2 aromatic carbocycles. The van der Waals surface area contributed by atoms with Crippen LogP contribution in [0.15, 0.2) is 59.7 Å². The van der Waals surface area contributed by atoms with Gasteiger partial charge in [-0.05, 0) is 29.8 Å². The molecule has 0 spiro atoms. The average molecular weight is 366 g/mol. The molecule has 0 saturated carbocycles. The first-order valence-electron chi connectivity index (χ1n) is 8.30. The molecule has 3 N–H and O–H groups in total. The average Bonchev–Trinajstić information content (AvgIpc) is 3.17. The van der Waals surface area contributed by atoms with E-state index in [0.29, 0.717) is 18.7 Å². The van der Waals surface area contributed by atoms with E-state index in [1.54, 1.807) is 0 Å². The lowest BCUT2D eigenvalue weighted by Crippen LogP contribution is -2.28. The number of anilines is 1. The summed E-state index contributed by atoms with van der Waals surface area (Å²) in [7, 11) is 0. The van der Waals surface area contributed by atoms with E-state index in [4.69, 9.17) is 10.5 Å². The summed E-state index contributed by atoms with van der Waals surface area (Å²) in [6, 6.07) is 14.9. The number of hydrogen-bond donors (Lipinski definition) is 2. The van der Waals surface area contributed by atoms with Crippen LogP contribution in [0.1, 0.15) is 22.3 Å². The molecular formula is C19H18N4O4. The summed E-state index contributed by atoms with van der Waals surface area (Å²) in [5.74, 6) is -1.03. The fourth-order valence-corrected chi connectivity index (χ4v) is 2.59. The van der Waals surface area contributed by atoms with Crippen molar-refractivity contribution in [3.05, 3.63) is 65.7 Å². The molecule has 1 aliphatic heterocycles. The van der Waals surface area contributed by atoms with Gasteiger partial charge in [0.25, 0.3) is 5.91 Å². The van der Waals surface area contributed by atoms with Crippen LogP contribution in [0, 0.1) is 0 Å². The zero-order valence-electron chi connectivity index (χ0n) is 14.4. The molecule has 8 nitrogen and oxygen atoms in total. The maximum atomic E-state index is 12.2. The van der Waals surface area contributed by atoms with E-state index >= 15 is 0 Å². The van der Waals surface area contributed by atoms with E-state index < -0.39 is 18.6 Å². The lowest BCUT2D eigenvalue weighted by atomic mass is 10.1. The van der Waals surface area contributed by atoms with Crippen LogP contribution in [0.3, 0.4) is 0 Å². The molecule has 0 unspecified atom stereocenters. The van der Waals surface area contributed by atoms with Crippen molar-refractivity contribution in [3.63, 3.8) is 0 Å². The summed E-state index contributed by atoms with van der Waals surface area (Å²) in [5, 5.41) is 8.01. The Morgan fingerprint density at radius 1 is 1.07 bits per heavy atom. The van der Waals surface area contributed by atoms with Crippen LogP contribution < -0.4 is 11.1 Å². The third kappa shape index (κ3) is 4.69. The van der Waals surface area contributed by atoms with E-state index in [1.165, 1.54) is 29.3 Å². The van der Waals surface area contributed by atoms with Crippen molar-refractivity contribution < 1.29 is 19.1 Å². The number of primary amides is 1. The van der Waals surface area contributed by atoms with E-state index in [9.17, 15) is 14.4 Å². The minimum Gasteiger partial charge on any atom is -0.452 e. The highest BCUT2D eigenvalue weighted by Crippen LogP contribution is 2.14. The normalized spacial score (nSPS) is 13.0. The highest BCUT2D eigenvalue weighted by molar-refractivity contribution is 6.02. The Morgan fingerprint density at radius 2 is 1.78 bits per heavy atom. The molecule has 0 radical (unpaired) electrons. The van der Waals surface area contributed by atoms with Crippen molar-refractivity contribution in [2.75, 3.05) is 18.5 Å². The Hall–Kier alpha value is -3.68. The van der Waals surface area contributed by atoms with Gasteiger partial charge >= 0.3 is 12.0 Å². The molecule has 1 heterocycles. The minimum atomic E-state index is -0.697. The molecule has 1 aliphatic rings. The van der Waals surface area contributed by atoms with Gasteiger partial charge in [-0.2, -0.15) is 5.10 Å². The molecule has 0 saturated heterocycles. The SMILES string of the molecule is NC(=O)Nc1ccc(C(=O)OCC(=O)N2CCC(c3ccccc3)=N2)cc1. The topological polar surface area (TPSA) is 114 Å². The molecule has 138 valence electrons. The number of ether oxygens (including phenoxy) is 1. The predicted octanol–water partition coefficient (Wildman–Crippen LogP) is 1.97. The summed E-state index contributed by atoms with van der Waals surface area (Å²) >= 11 is 0. The summed E-state index contributed by atoms with van der Waals surface area (Å²) in [6.07, 6.45) is 0.651. The Labute approximate surface area is 155 Å². The number of benzene rings is 2. The molecule has 8 heteroatoms. The van der Waals surface area contributed by atoms with E-state index in [-0.39, 0.29) is 11.5 Å². The van der Waals surface area contributed by atoms with E-state index in [1.807, 2.05) is 30.3 Å². The molecular weight excluding hydrogens is 348 g/mol. The van der Waals surface area contributed by atoms with E-state index in [0.717, 1.165) is 11.3 Å². The second kappa shape index (κ2) is 8.13. The lowest BCUT2D eigenvalue weighted by molar-refractivity contribution is -0.134. The van der Waals surface area contributed by atoms with Crippen molar-refractivity contribution >= 4 is 29.3 Å². The number of carbonyl (C=O) groups is 3. The van der Waals surface area contributed by atoms with Gasteiger partial charge in [-0.15, -0.1) is 0 Å². The third-order valence-corrected chi connectivity index (χ3v) is 3.91. The van der Waals surface area contributed by atoms with Gasteiger partial charge in [0, 0.05) is 12.1 Å². The van der Waals surface area contributed by atoms with Crippen LogP contribution in [0.4, 0.5) is 10.5 Å². The summed E-state index contributed by atoms with van der Waals surface area (Å²) in [5.41, 5.74) is 7.52. The quantitative estimate of drug-likeness (QED) is 0.787. The largest absolute Gasteiger partial charge is 0.452 e. The van der Waals surface area contributed by atoms with Crippen LogP contribution >= 0.6 is 0 Å². The van der Waals surface area contributed by atoms with Crippen molar-refractivity contribution in [3.8, 4) is 0 Å². The van der Waals surface area contributed by atoms with Crippen molar-refractivity contribution in [1.82, 2.24) is 5.01 Å². The van der Waals surface area contributed by atoms with Gasteiger partial charge in [0.2, 0.25) is 0 Å². The molecule has 3 amide bonds. The predicted molar refractivity (Wildman–Crippen MR) is 99.2 cm³/mol. The molecule has 3 rings (SSSR count). The van der Waals surface area contributed by atoms with Crippen LogP contribution in [0.5, 0.6) is 0 Å². The van der Waals surface area contributed by atoms with Crippen molar-refractivity contribution in [2.45, 2.75) is 6.42 Å². The second-order valence-electron chi connectivity index (χ2n) is 5.82. The highest BCUT2D eigenvalue weighted by Gasteiger charge is 2.22. The number of amides is 3. The van der Waals surface area contributed by atoms with Gasteiger partial charge in [-0.1, -0.05) is 30.3 Å². The van der Waals surface area contributed by atoms with Crippen LogP contribution in [-0.4, -0.2) is 41.8 Å². The van der Waals surface area contributed by atoms with Gasteiger partial charge in [-0.3, -0.25) is 4.79 Å². The highest BCUT2D eigenvalue weighted by atomic mass is 16.5. The standard InChI is InChI=1S/C19H18N4O4/c20-19(26)21-15-8-6-14(7-9-15)18(25)27-12-17(24)23-11-10-16(22-23)13-4-2-1-3-5-13/h1-9H,10-12H2,(H3,20,21,26). The Kier molecular flexibility index (Phi) is 5.46. The zero-order chi connectivity index (χ0) is 19.2. The van der Waals surface area contributed by atoms with Crippen molar-refractivity contribution in [2.24, 2.45) is 10.8 Å². The number of nitrogens with one attached hydrogen (secondary N) is 1. The van der Waals surface area contributed by atoms with Gasteiger partial charge in [-0.25, -0.2) is 14.6 Å². The lowest BCUT2D eigenvalue weighted by Gasteiger charge is -2.11.